The number of nitrogens with one attached hydrogen (secondary N) is 1. The summed E-state index contributed by atoms with van der Waals surface area (Å²) in [5.41, 5.74) is 0.715. The lowest BCUT2D eigenvalue weighted by molar-refractivity contribution is 0.00164. The zero-order valence-electron chi connectivity index (χ0n) is 15.5. The first-order chi connectivity index (χ1) is 13.3. The molecule has 2 saturated heterocycles. The van der Waals surface area contributed by atoms with Crippen LogP contribution in [0.25, 0.3) is 0 Å². The van der Waals surface area contributed by atoms with Crippen LogP contribution in [0.5, 0.6) is 0 Å². The Hall–Kier alpha value is -1.67. The van der Waals surface area contributed by atoms with Crippen LogP contribution >= 0.6 is 11.3 Å². The average molecular weight is 390 g/mol. The topological polar surface area (TPSA) is 55.7 Å². The molecule has 2 aliphatic heterocycles. The molecule has 0 aliphatic carbocycles. The number of carbonyl (C=O) groups is 1. The van der Waals surface area contributed by atoms with E-state index in [0.29, 0.717) is 24.2 Å². The van der Waals surface area contributed by atoms with Crippen molar-refractivity contribution >= 4 is 17.2 Å². The minimum absolute atomic E-state index is 0.00580. The van der Waals surface area contributed by atoms with Crippen LogP contribution in [0.4, 0.5) is 0 Å². The monoisotopic (exact) mass is 389 g/mol. The number of morpholine rings is 1. The van der Waals surface area contributed by atoms with Gasteiger partial charge in [0.15, 0.2) is 0 Å². The van der Waals surface area contributed by atoms with Gasteiger partial charge >= 0.3 is 0 Å². The predicted octanol–water partition coefficient (Wildman–Crippen LogP) is 2.07. The van der Waals surface area contributed by atoms with Crippen LogP contribution in [-0.2, 0) is 16.0 Å². The summed E-state index contributed by atoms with van der Waals surface area (Å²) < 4.78 is 13.1. The molecule has 2 aromatic rings. The maximum Gasteiger partial charge on any atom is 0.267 e. The van der Waals surface area contributed by atoms with Gasteiger partial charge in [-0.2, -0.15) is 0 Å². The number of nitrogens with zero attached hydrogens (tertiary/aromatic N) is 2. The third kappa shape index (κ3) is 4.60. The van der Waals surface area contributed by atoms with Gasteiger partial charge in [-0.1, -0.05) is 6.07 Å². The molecular weight excluding hydrogens is 362 g/mol. The maximum absolute atomic E-state index is 12.9. The van der Waals surface area contributed by atoms with Gasteiger partial charge in [-0.25, -0.2) is 0 Å². The van der Waals surface area contributed by atoms with Crippen molar-refractivity contribution in [2.45, 2.75) is 19.0 Å². The van der Waals surface area contributed by atoms with E-state index in [1.54, 1.807) is 11.3 Å². The second kappa shape index (κ2) is 9.01. The fraction of sp³-hybridized carbons (Fsp3) is 0.550. The molecule has 0 radical (unpaired) electrons. The van der Waals surface area contributed by atoms with Crippen LogP contribution in [0.3, 0.4) is 0 Å². The smallest absolute Gasteiger partial charge is 0.267 e. The number of aromatic nitrogens is 1. The van der Waals surface area contributed by atoms with Crippen LogP contribution in [0.1, 0.15) is 21.8 Å². The summed E-state index contributed by atoms with van der Waals surface area (Å²) in [5, 5.41) is 5.25. The molecule has 7 heteroatoms. The van der Waals surface area contributed by atoms with Crippen LogP contribution in [0.2, 0.25) is 0 Å². The molecule has 0 saturated carbocycles. The second-order valence-corrected chi connectivity index (χ2v) is 8.18. The minimum Gasteiger partial charge on any atom is -0.381 e. The molecule has 2 aliphatic rings. The fourth-order valence-corrected chi connectivity index (χ4v) is 4.68. The van der Waals surface area contributed by atoms with Crippen molar-refractivity contribution in [3.05, 3.63) is 46.4 Å². The summed E-state index contributed by atoms with van der Waals surface area (Å²) in [6, 6.07) is 8.28. The molecule has 0 aromatic carbocycles. The largest absolute Gasteiger partial charge is 0.381 e. The van der Waals surface area contributed by atoms with Gasteiger partial charge in [0.05, 0.1) is 26.4 Å². The summed E-state index contributed by atoms with van der Waals surface area (Å²) in [4.78, 5) is 16.6. The second-order valence-electron chi connectivity index (χ2n) is 7.15. The fourth-order valence-electron chi connectivity index (χ4n) is 3.98. The van der Waals surface area contributed by atoms with E-state index in [-0.39, 0.29) is 5.91 Å². The van der Waals surface area contributed by atoms with E-state index < -0.39 is 0 Å². The number of ether oxygens (including phenoxy) is 2. The Balaban J connectivity index is 1.40. The summed E-state index contributed by atoms with van der Waals surface area (Å²) >= 11 is 1.71. The van der Waals surface area contributed by atoms with E-state index in [1.807, 2.05) is 29.0 Å². The van der Waals surface area contributed by atoms with Gasteiger partial charge in [0.2, 0.25) is 0 Å². The van der Waals surface area contributed by atoms with Crippen LogP contribution in [-0.4, -0.2) is 67.5 Å². The van der Waals surface area contributed by atoms with E-state index >= 15 is 0 Å². The van der Waals surface area contributed by atoms with Gasteiger partial charge in [0.1, 0.15) is 5.69 Å². The Morgan fingerprint density at radius 1 is 1.22 bits per heavy atom. The summed E-state index contributed by atoms with van der Waals surface area (Å²) in [6.07, 6.45) is 3.03. The van der Waals surface area contributed by atoms with Crippen molar-refractivity contribution in [3.8, 4) is 0 Å². The van der Waals surface area contributed by atoms with Crippen molar-refractivity contribution in [1.82, 2.24) is 14.8 Å². The van der Waals surface area contributed by atoms with Crippen molar-refractivity contribution < 1.29 is 14.3 Å². The number of carbonyl (C=O) groups excluding carboxylic acids is 1. The van der Waals surface area contributed by atoms with Crippen LogP contribution < -0.4 is 5.32 Å². The average Bonchev–Trinajstić information content (AvgIpc) is 3.46. The Kier molecular flexibility index (Phi) is 6.24. The molecule has 0 spiro atoms. The molecule has 2 aromatic heterocycles. The predicted molar refractivity (Wildman–Crippen MR) is 105 cm³/mol. The standard InChI is InChI=1S/C20H27N3O3S/c24-20(18-4-1-6-23(18)14-17-3-2-12-27-17)21-13-19(16-5-9-26-15-16)22-7-10-25-11-8-22/h1-4,6,12,16,19H,5,7-11,13-15H2,(H,21,24). The highest BCUT2D eigenvalue weighted by Crippen LogP contribution is 2.22. The summed E-state index contributed by atoms with van der Waals surface area (Å²) in [6.45, 7) is 6.37. The first-order valence-electron chi connectivity index (χ1n) is 9.66. The van der Waals surface area contributed by atoms with Crippen molar-refractivity contribution in [2.75, 3.05) is 46.1 Å². The lowest BCUT2D eigenvalue weighted by atomic mass is 9.97. The first-order valence-corrected chi connectivity index (χ1v) is 10.5. The van der Waals surface area contributed by atoms with Crippen molar-refractivity contribution in [1.29, 1.82) is 0 Å². The Labute approximate surface area is 164 Å². The Bertz CT molecular complexity index is 719. The van der Waals surface area contributed by atoms with Crippen LogP contribution in [0.15, 0.2) is 35.8 Å². The molecule has 1 amide bonds. The quantitative estimate of drug-likeness (QED) is 0.788. The number of hydrogen-bond acceptors (Lipinski definition) is 5. The Morgan fingerprint density at radius 3 is 2.85 bits per heavy atom. The Morgan fingerprint density at radius 2 is 2.11 bits per heavy atom. The lowest BCUT2D eigenvalue weighted by Crippen LogP contribution is -2.52. The minimum atomic E-state index is -0.00580. The molecule has 27 heavy (non-hydrogen) atoms. The number of amides is 1. The lowest BCUT2D eigenvalue weighted by Gasteiger charge is -2.37. The van der Waals surface area contributed by atoms with Gasteiger partial charge in [0, 0.05) is 49.3 Å². The third-order valence-corrected chi connectivity index (χ3v) is 6.33. The van der Waals surface area contributed by atoms with E-state index in [1.165, 1.54) is 4.88 Å². The van der Waals surface area contributed by atoms with E-state index in [4.69, 9.17) is 9.47 Å². The molecule has 0 bridgehead atoms. The molecule has 2 fully saturated rings. The number of hydrogen-bond donors (Lipinski definition) is 1. The summed E-state index contributed by atoms with van der Waals surface area (Å²) in [5.74, 6) is 0.468. The molecule has 1 N–H and O–H groups in total. The zero-order chi connectivity index (χ0) is 18.5. The highest BCUT2D eigenvalue weighted by atomic mass is 32.1. The van der Waals surface area contributed by atoms with E-state index in [2.05, 4.69) is 21.7 Å². The van der Waals surface area contributed by atoms with Gasteiger partial charge in [-0.3, -0.25) is 9.69 Å². The van der Waals surface area contributed by atoms with Gasteiger partial charge in [0.25, 0.3) is 5.91 Å². The van der Waals surface area contributed by atoms with Gasteiger partial charge in [-0.05, 0) is 30.0 Å². The van der Waals surface area contributed by atoms with E-state index in [0.717, 1.165) is 52.5 Å². The molecule has 146 valence electrons. The maximum atomic E-state index is 12.9. The highest BCUT2D eigenvalue weighted by molar-refractivity contribution is 7.09. The normalized spacial score (nSPS) is 22.0. The number of rotatable bonds is 7. The summed E-state index contributed by atoms with van der Waals surface area (Å²) in [7, 11) is 0. The van der Waals surface area contributed by atoms with Gasteiger partial charge < -0.3 is 19.4 Å². The number of thiophene rings is 1. The SMILES string of the molecule is O=C(NCC(C1CCOC1)N1CCOCC1)c1cccn1Cc1cccs1. The molecule has 2 atom stereocenters. The third-order valence-electron chi connectivity index (χ3n) is 5.46. The molecule has 4 rings (SSSR count). The molecular formula is C20H27N3O3S. The van der Waals surface area contributed by atoms with Gasteiger partial charge in [-0.15, -0.1) is 11.3 Å². The van der Waals surface area contributed by atoms with Crippen molar-refractivity contribution in [2.24, 2.45) is 5.92 Å². The van der Waals surface area contributed by atoms with E-state index in [9.17, 15) is 4.79 Å². The van der Waals surface area contributed by atoms with Crippen molar-refractivity contribution in [3.63, 3.8) is 0 Å². The molecule has 6 nitrogen and oxygen atoms in total. The van der Waals surface area contributed by atoms with Crippen LogP contribution in [0, 0.1) is 5.92 Å². The molecule has 2 unspecified atom stereocenters. The highest BCUT2D eigenvalue weighted by Gasteiger charge is 2.32. The zero-order valence-corrected chi connectivity index (χ0v) is 16.3. The molecule has 4 heterocycles. The first kappa shape index (κ1) is 18.7.